The van der Waals surface area contributed by atoms with Crippen LogP contribution in [0.25, 0.3) is 16.6 Å². The number of hydrogen-bond acceptors (Lipinski definition) is 6. The highest BCUT2D eigenvalue weighted by atomic mass is 19.3. The molecule has 4 heterocycles. The Kier molecular flexibility index (Phi) is 4.88. The number of benzene rings is 1. The summed E-state index contributed by atoms with van der Waals surface area (Å²) in [5.41, 5.74) is 9.54. The van der Waals surface area contributed by atoms with Crippen molar-refractivity contribution in [2.75, 3.05) is 7.05 Å². The Morgan fingerprint density at radius 1 is 1.13 bits per heavy atom. The second-order valence-electron chi connectivity index (χ2n) is 10.3. The first kappa shape index (κ1) is 23.2. The number of ether oxygens (including phenoxy) is 1. The van der Waals surface area contributed by atoms with Gasteiger partial charge in [0.2, 0.25) is 0 Å². The third kappa shape index (κ3) is 3.20. The van der Waals surface area contributed by atoms with E-state index in [-0.39, 0.29) is 16.9 Å². The van der Waals surface area contributed by atoms with Crippen molar-refractivity contribution in [1.29, 1.82) is 0 Å². The van der Waals surface area contributed by atoms with E-state index in [0.29, 0.717) is 17.9 Å². The molecule has 2 N–H and O–H groups in total. The molecule has 2 unspecified atom stereocenters. The summed E-state index contributed by atoms with van der Waals surface area (Å²) in [4.78, 5) is 23.7. The number of aromatic nitrogens is 4. The van der Waals surface area contributed by atoms with E-state index >= 15 is 4.39 Å². The van der Waals surface area contributed by atoms with E-state index in [4.69, 9.17) is 15.6 Å². The van der Waals surface area contributed by atoms with Crippen molar-refractivity contribution in [1.82, 2.24) is 24.5 Å². The molecule has 1 amide bonds. The van der Waals surface area contributed by atoms with Crippen molar-refractivity contribution in [3.05, 3.63) is 76.9 Å². The fourth-order valence-electron chi connectivity index (χ4n) is 6.09. The second kappa shape index (κ2) is 8.00. The molecular weight excluding hydrogens is 497 g/mol. The average molecular weight is 521 g/mol. The van der Waals surface area contributed by atoms with Crippen LogP contribution in [0.1, 0.15) is 70.6 Å². The van der Waals surface area contributed by atoms with Gasteiger partial charge in [-0.25, -0.2) is 18.9 Å². The molecule has 7 rings (SSSR count). The Hall–Kier alpha value is -3.99. The van der Waals surface area contributed by atoms with Crippen molar-refractivity contribution in [3.63, 3.8) is 0 Å². The number of fused-ring (bicyclic) bond motifs is 9. The van der Waals surface area contributed by atoms with Crippen LogP contribution in [0.5, 0.6) is 5.75 Å². The average Bonchev–Trinajstić information content (AvgIpc) is 3.41. The molecule has 1 saturated carbocycles. The van der Waals surface area contributed by atoms with Gasteiger partial charge in [-0.15, -0.1) is 0 Å². The third-order valence-electron chi connectivity index (χ3n) is 8.22. The zero-order chi connectivity index (χ0) is 26.3. The summed E-state index contributed by atoms with van der Waals surface area (Å²) < 4.78 is 48.1. The van der Waals surface area contributed by atoms with E-state index < -0.39 is 35.8 Å². The molecule has 0 saturated heterocycles. The highest BCUT2D eigenvalue weighted by Gasteiger charge is 2.47. The highest BCUT2D eigenvalue weighted by Crippen LogP contribution is 2.54. The normalized spacial score (nSPS) is 21.3. The predicted molar refractivity (Wildman–Crippen MR) is 130 cm³/mol. The van der Waals surface area contributed by atoms with Crippen LogP contribution in [0.2, 0.25) is 0 Å². The van der Waals surface area contributed by atoms with Crippen molar-refractivity contribution in [3.8, 4) is 16.9 Å². The van der Waals surface area contributed by atoms with Crippen LogP contribution < -0.4 is 10.5 Å². The molecule has 3 aliphatic rings. The molecule has 0 spiro atoms. The smallest absolute Gasteiger partial charge is 0.387 e. The monoisotopic (exact) mass is 520 g/mol. The number of pyridine rings is 1. The Bertz CT molecular complexity index is 1620. The summed E-state index contributed by atoms with van der Waals surface area (Å²) in [7, 11) is 1.58. The van der Waals surface area contributed by atoms with Gasteiger partial charge in [-0.1, -0.05) is 0 Å². The van der Waals surface area contributed by atoms with E-state index in [9.17, 15) is 13.6 Å². The van der Waals surface area contributed by atoms with E-state index in [2.05, 4.69) is 9.97 Å². The summed E-state index contributed by atoms with van der Waals surface area (Å²) >= 11 is 0. The molecule has 8 nitrogen and oxygen atoms in total. The van der Waals surface area contributed by atoms with Gasteiger partial charge in [0.1, 0.15) is 17.4 Å². The second-order valence-corrected chi connectivity index (χ2v) is 10.3. The third-order valence-corrected chi connectivity index (χ3v) is 8.22. The number of rotatable bonds is 4. The maximum absolute atomic E-state index is 15.0. The van der Waals surface area contributed by atoms with Crippen molar-refractivity contribution < 1.29 is 22.7 Å². The topological polar surface area (TPSA) is 98.6 Å². The lowest BCUT2D eigenvalue weighted by molar-refractivity contribution is -0.0506. The number of hydrogen-bond donors (Lipinski definition) is 1. The summed E-state index contributed by atoms with van der Waals surface area (Å²) in [5.74, 6) is -1.50. The van der Waals surface area contributed by atoms with Crippen LogP contribution in [0, 0.1) is 5.82 Å². The Morgan fingerprint density at radius 3 is 2.58 bits per heavy atom. The van der Waals surface area contributed by atoms with E-state index in [0.717, 1.165) is 53.6 Å². The molecule has 11 heteroatoms. The maximum atomic E-state index is 15.0. The number of amides is 1. The van der Waals surface area contributed by atoms with Crippen molar-refractivity contribution in [2.24, 2.45) is 5.73 Å². The van der Waals surface area contributed by atoms with Gasteiger partial charge in [-0.3, -0.25) is 4.79 Å². The number of nitrogens with zero attached hydrogens (tertiary/aromatic N) is 5. The number of alkyl halides is 2. The minimum atomic E-state index is -3.12. The van der Waals surface area contributed by atoms with Crippen LogP contribution >= 0.6 is 0 Å². The number of nitrogens with two attached hydrogens (primary N) is 1. The largest absolute Gasteiger partial charge is 0.434 e. The van der Waals surface area contributed by atoms with Gasteiger partial charge in [-0.2, -0.15) is 13.9 Å². The minimum absolute atomic E-state index is 0.130. The number of carbonyl (C=O) groups excluding carboxylic acids is 1. The molecule has 1 aromatic carbocycles. The molecule has 2 aliphatic carbocycles. The predicted octanol–water partition coefficient (Wildman–Crippen LogP) is 4.53. The summed E-state index contributed by atoms with van der Waals surface area (Å²) in [5, 5.41) is 4.74. The lowest BCUT2D eigenvalue weighted by Crippen LogP contribution is -2.44. The van der Waals surface area contributed by atoms with Gasteiger partial charge >= 0.3 is 6.61 Å². The molecule has 2 bridgehead atoms. The van der Waals surface area contributed by atoms with Crippen molar-refractivity contribution >= 4 is 11.4 Å². The van der Waals surface area contributed by atoms with Crippen LogP contribution in [0.15, 0.2) is 42.9 Å². The lowest BCUT2D eigenvalue weighted by Gasteiger charge is -2.36. The molecular formula is C27H23F3N6O2. The quantitative estimate of drug-likeness (QED) is 0.425. The maximum Gasteiger partial charge on any atom is 0.387 e. The number of halogens is 3. The first-order valence-corrected chi connectivity index (χ1v) is 12.4. The summed E-state index contributed by atoms with van der Waals surface area (Å²) in [6, 6.07) is 5.52. The van der Waals surface area contributed by atoms with E-state index in [1.54, 1.807) is 30.2 Å². The summed E-state index contributed by atoms with van der Waals surface area (Å²) in [6.07, 6.45) is 8.44. The zero-order valence-corrected chi connectivity index (χ0v) is 20.4. The van der Waals surface area contributed by atoms with Gasteiger partial charge in [0, 0.05) is 48.2 Å². The Balaban J connectivity index is 1.38. The molecule has 0 radical (unpaired) electrons. The molecule has 38 heavy (non-hydrogen) atoms. The van der Waals surface area contributed by atoms with Crippen LogP contribution in [-0.4, -0.2) is 44.0 Å². The number of carbonyl (C=O) groups is 1. The zero-order valence-electron chi connectivity index (χ0n) is 20.4. The fraction of sp³-hybridized carbons (Fsp3) is 0.333. The van der Waals surface area contributed by atoms with E-state index in [1.807, 2.05) is 12.1 Å². The Labute approximate surface area is 215 Å². The van der Waals surface area contributed by atoms with Crippen LogP contribution in [-0.2, 0) is 5.54 Å². The first-order chi connectivity index (χ1) is 18.2. The van der Waals surface area contributed by atoms with Gasteiger partial charge < -0.3 is 15.4 Å². The van der Waals surface area contributed by atoms with Crippen LogP contribution in [0.4, 0.5) is 13.2 Å². The first-order valence-electron chi connectivity index (χ1n) is 12.4. The molecule has 194 valence electrons. The molecule has 1 aliphatic heterocycles. The standard InChI is InChI=1S/C27H23F3N6O2/c1-35-18-10-15(21-19(38-26(29)30)4-3-16(28)22(21)24(35)37)20-17-9-13(5-8-36(17)34-23(18)20)14-11-32-25(33-12-14)27(31)6-2-7-27/h3-5,8-9,11-12,15,18,26H,2,6-7,10,31H2,1H3. The van der Waals surface area contributed by atoms with E-state index in [1.165, 1.54) is 4.90 Å². The molecule has 3 aromatic heterocycles. The Morgan fingerprint density at radius 2 is 1.89 bits per heavy atom. The highest BCUT2D eigenvalue weighted by molar-refractivity contribution is 5.98. The molecule has 1 fully saturated rings. The van der Waals surface area contributed by atoms with Gasteiger partial charge in [0.15, 0.2) is 0 Å². The SMILES string of the molecule is CN1C(=O)c2c(F)ccc(OC(F)F)c2C2CC1c1nn3ccc(-c4cnc(C5(N)CCC5)nc4)cc3c12. The van der Waals surface area contributed by atoms with Crippen molar-refractivity contribution in [2.45, 2.75) is 49.8 Å². The van der Waals surface area contributed by atoms with Gasteiger partial charge in [-0.05, 0) is 55.5 Å². The van der Waals surface area contributed by atoms with Gasteiger partial charge in [0.25, 0.3) is 5.91 Å². The molecule has 4 aromatic rings. The van der Waals surface area contributed by atoms with Gasteiger partial charge in [0.05, 0.1) is 28.4 Å². The van der Waals surface area contributed by atoms with Crippen LogP contribution in [0.3, 0.4) is 0 Å². The minimum Gasteiger partial charge on any atom is -0.434 e. The molecule has 2 atom stereocenters. The fourth-order valence-corrected chi connectivity index (χ4v) is 6.09. The summed E-state index contributed by atoms with van der Waals surface area (Å²) in [6.45, 7) is -3.12. The lowest BCUT2D eigenvalue weighted by atomic mass is 9.77.